The molecular formula is C8H10N2O. The summed E-state index contributed by atoms with van der Waals surface area (Å²) in [4.78, 5) is 6.91. The minimum Gasteiger partial charge on any atom is -0.373 e. The Bertz CT molecular complexity index is 223. The van der Waals surface area contributed by atoms with Crippen LogP contribution < -0.4 is 0 Å². The lowest BCUT2D eigenvalue weighted by molar-refractivity contribution is 0.121. The second-order valence-corrected chi connectivity index (χ2v) is 2.04. The van der Waals surface area contributed by atoms with Crippen molar-refractivity contribution in [1.82, 2.24) is 9.97 Å². The van der Waals surface area contributed by atoms with E-state index in [-0.39, 0.29) is 0 Å². The molecule has 0 aliphatic rings. The molecule has 1 heterocycles. The molecule has 0 aromatic carbocycles. The maximum Gasteiger partial charge on any atom is 0.132 e. The van der Waals surface area contributed by atoms with E-state index in [1.807, 2.05) is 0 Å². The minimum absolute atomic E-state index is 0.509. The average molecular weight is 150 g/mol. The molecule has 3 heteroatoms. The summed E-state index contributed by atoms with van der Waals surface area (Å²) in [7, 11) is 0. The molecule has 0 amide bonds. The van der Waals surface area contributed by atoms with Gasteiger partial charge in [0.1, 0.15) is 12.4 Å². The number of H-pyrrole nitrogens is 1. The topological polar surface area (TPSA) is 37.9 Å². The highest BCUT2D eigenvalue weighted by Gasteiger charge is 1.91. The lowest BCUT2D eigenvalue weighted by Crippen LogP contribution is -1.95. The zero-order valence-corrected chi connectivity index (χ0v) is 6.21. The second kappa shape index (κ2) is 4.53. The zero-order chi connectivity index (χ0) is 7.94. The Morgan fingerprint density at radius 1 is 1.73 bits per heavy atom. The van der Waals surface area contributed by atoms with Gasteiger partial charge in [0.25, 0.3) is 0 Å². The Morgan fingerprint density at radius 2 is 2.64 bits per heavy atom. The molecule has 0 saturated carbocycles. The quantitative estimate of drug-likeness (QED) is 0.512. The van der Waals surface area contributed by atoms with Crippen LogP contribution in [0.5, 0.6) is 0 Å². The molecule has 11 heavy (non-hydrogen) atoms. The number of imidazole rings is 1. The van der Waals surface area contributed by atoms with Crippen LogP contribution >= 0.6 is 0 Å². The Balaban J connectivity index is 2.10. The molecule has 0 saturated heterocycles. The Hall–Kier alpha value is -1.27. The van der Waals surface area contributed by atoms with Gasteiger partial charge in [-0.05, 0) is 0 Å². The van der Waals surface area contributed by atoms with Gasteiger partial charge < -0.3 is 9.72 Å². The molecule has 0 fully saturated rings. The predicted molar refractivity (Wildman–Crippen MR) is 41.7 cm³/mol. The van der Waals surface area contributed by atoms with Crippen LogP contribution in [0.3, 0.4) is 0 Å². The fourth-order valence-corrected chi connectivity index (χ4v) is 0.677. The van der Waals surface area contributed by atoms with Crippen molar-refractivity contribution < 1.29 is 4.74 Å². The SMILES string of the molecule is C#CCCOCc1ncc[nH]1. The van der Waals surface area contributed by atoms with Gasteiger partial charge in [-0.25, -0.2) is 4.98 Å². The van der Waals surface area contributed by atoms with E-state index >= 15 is 0 Å². The summed E-state index contributed by atoms with van der Waals surface area (Å²) in [6, 6.07) is 0. The number of hydrogen-bond donors (Lipinski definition) is 1. The molecule has 1 N–H and O–H groups in total. The molecule has 58 valence electrons. The molecular weight excluding hydrogens is 140 g/mol. The van der Waals surface area contributed by atoms with Gasteiger partial charge in [-0.15, -0.1) is 12.3 Å². The molecule has 1 rings (SSSR count). The van der Waals surface area contributed by atoms with Gasteiger partial charge in [0.15, 0.2) is 0 Å². The first kappa shape index (κ1) is 7.83. The molecule has 0 spiro atoms. The molecule has 0 aliphatic carbocycles. The summed E-state index contributed by atoms with van der Waals surface area (Å²) in [5.41, 5.74) is 0. The Kier molecular flexibility index (Phi) is 3.23. The monoisotopic (exact) mass is 150 g/mol. The number of terminal acetylenes is 1. The zero-order valence-electron chi connectivity index (χ0n) is 6.21. The van der Waals surface area contributed by atoms with E-state index in [2.05, 4.69) is 15.9 Å². The fourth-order valence-electron chi connectivity index (χ4n) is 0.677. The van der Waals surface area contributed by atoms with Gasteiger partial charge in [0, 0.05) is 18.8 Å². The standard InChI is InChI=1S/C8H10N2O/c1-2-3-6-11-7-8-9-4-5-10-8/h1,4-5H,3,6-7H2,(H,9,10). The molecule has 3 nitrogen and oxygen atoms in total. The smallest absolute Gasteiger partial charge is 0.132 e. The number of rotatable bonds is 4. The number of aromatic nitrogens is 2. The predicted octanol–water partition coefficient (Wildman–Crippen LogP) is 0.950. The first-order chi connectivity index (χ1) is 5.43. The fraction of sp³-hybridized carbons (Fsp3) is 0.375. The molecule has 0 atom stereocenters. The van der Waals surface area contributed by atoms with Crippen LogP contribution in [0.1, 0.15) is 12.2 Å². The van der Waals surface area contributed by atoms with Crippen molar-refractivity contribution in [3.63, 3.8) is 0 Å². The third-order valence-corrected chi connectivity index (χ3v) is 1.18. The van der Waals surface area contributed by atoms with Crippen molar-refractivity contribution in [2.45, 2.75) is 13.0 Å². The van der Waals surface area contributed by atoms with Crippen molar-refractivity contribution in [3.05, 3.63) is 18.2 Å². The Morgan fingerprint density at radius 3 is 3.27 bits per heavy atom. The van der Waals surface area contributed by atoms with Crippen LogP contribution in [0.25, 0.3) is 0 Å². The summed E-state index contributed by atoms with van der Waals surface area (Å²) in [5, 5.41) is 0. The highest BCUT2D eigenvalue weighted by molar-refractivity contribution is 4.85. The molecule has 0 radical (unpaired) electrons. The van der Waals surface area contributed by atoms with Crippen LogP contribution in [0, 0.1) is 12.3 Å². The summed E-state index contributed by atoms with van der Waals surface area (Å²) in [6.45, 7) is 1.10. The van der Waals surface area contributed by atoms with Gasteiger partial charge in [-0.3, -0.25) is 0 Å². The molecule has 0 bridgehead atoms. The molecule has 1 aromatic heterocycles. The lowest BCUT2D eigenvalue weighted by atomic mass is 10.5. The molecule has 0 aliphatic heterocycles. The van der Waals surface area contributed by atoms with Gasteiger partial charge in [-0.2, -0.15) is 0 Å². The molecule has 0 unspecified atom stereocenters. The third kappa shape index (κ3) is 2.87. The van der Waals surface area contributed by atoms with E-state index in [1.165, 1.54) is 0 Å². The Labute approximate surface area is 65.8 Å². The number of nitrogens with one attached hydrogen (secondary N) is 1. The normalized spacial score (nSPS) is 9.36. The van der Waals surface area contributed by atoms with Gasteiger partial charge in [0.05, 0.1) is 6.61 Å². The van der Waals surface area contributed by atoms with Crippen molar-refractivity contribution in [2.24, 2.45) is 0 Å². The molecule has 1 aromatic rings. The van der Waals surface area contributed by atoms with Gasteiger partial charge in [0.2, 0.25) is 0 Å². The maximum atomic E-state index is 5.18. The van der Waals surface area contributed by atoms with Crippen LogP contribution in [-0.4, -0.2) is 16.6 Å². The maximum absolute atomic E-state index is 5.18. The van der Waals surface area contributed by atoms with E-state index < -0.39 is 0 Å². The number of aromatic amines is 1. The second-order valence-electron chi connectivity index (χ2n) is 2.04. The number of hydrogen-bond acceptors (Lipinski definition) is 2. The van der Waals surface area contributed by atoms with Gasteiger partial charge in [-0.1, -0.05) is 0 Å². The van der Waals surface area contributed by atoms with E-state index in [0.717, 1.165) is 5.82 Å². The van der Waals surface area contributed by atoms with Crippen LogP contribution in [0.2, 0.25) is 0 Å². The highest BCUT2D eigenvalue weighted by Crippen LogP contribution is 1.91. The summed E-state index contributed by atoms with van der Waals surface area (Å²) < 4.78 is 5.18. The lowest BCUT2D eigenvalue weighted by Gasteiger charge is -1.96. The average Bonchev–Trinajstić information content (AvgIpc) is 2.50. The minimum atomic E-state index is 0.509. The number of ether oxygens (including phenoxy) is 1. The summed E-state index contributed by atoms with van der Waals surface area (Å²) >= 11 is 0. The van der Waals surface area contributed by atoms with Crippen LogP contribution in [-0.2, 0) is 11.3 Å². The third-order valence-electron chi connectivity index (χ3n) is 1.18. The van der Waals surface area contributed by atoms with E-state index in [9.17, 15) is 0 Å². The first-order valence-corrected chi connectivity index (χ1v) is 3.43. The van der Waals surface area contributed by atoms with E-state index in [1.54, 1.807) is 12.4 Å². The van der Waals surface area contributed by atoms with Crippen molar-refractivity contribution >= 4 is 0 Å². The van der Waals surface area contributed by atoms with Crippen molar-refractivity contribution in [2.75, 3.05) is 6.61 Å². The largest absolute Gasteiger partial charge is 0.373 e. The first-order valence-electron chi connectivity index (χ1n) is 3.43. The highest BCUT2D eigenvalue weighted by atomic mass is 16.5. The number of nitrogens with zero attached hydrogens (tertiary/aromatic N) is 1. The van der Waals surface area contributed by atoms with E-state index in [4.69, 9.17) is 11.2 Å². The van der Waals surface area contributed by atoms with Crippen LogP contribution in [0.4, 0.5) is 0 Å². The van der Waals surface area contributed by atoms with Gasteiger partial charge >= 0.3 is 0 Å². The van der Waals surface area contributed by atoms with Crippen LogP contribution in [0.15, 0.2) is 12.4 Å². The summed E-state index contributed by atoms with van der Waals surface area (Å²) in [6.07, 6.45) is 9.15. The summed E-state index contributed by atoms with van der Waals surface area (Å²) in [5.74, 6) is 3.33. The van der Waals surface area contributed by atoms with Crippen molar-refractivity contribution in [1.29, 1.82) is 0 Å². The van der Waals surface area contributed by atoms with Crippen molar-refractivity contribution in [3.8, 4) is 12.3 Å². The van der Waals surface area contributed by atoms with E-state index in [0.29, 0.717) is 19.6 Å².